The molecule has 0 saturated heterocycles. The molecule has 121 heavy (non-hydrogen) atoms. The Morgan fingerprint density at radius 3 is 1.67 bits per heavy atom. The third-order valence-corrected chi connectivity index (χ3v) is 22.8. The smallest absolute Gasteiger partial charge is 0.342 e. The summed E-state index contributed by atoms with van der Waals surface area (Å²) >= 11 is 11.9. The van der Waals surface area contributed by atoms with Gasteiger partial charge >= 0.3 is 17.9 Å². The van der Waals surface area contributed by atoms with Gasteiger partial charge in [-0.2, -0.15) is 0 Å². The Morgan fingerprint density at radius 1 is 0.579 bits per heavy atom. The van der Waals surface area contributed by atoms with E-state index >= 15 is 0 Å². The lowest BCUT2D eigenvalue weighted by atomic mass is 9.96. The van der Waals surface area contributed by atoms with Crippen LogP contribution in [0.25, 0.3) is 11.0 Å². The normalized spacial score (nSPS) is 13.7. The van der Waals surface area contributed by atoms with Gasteiger partial charge in [0.05, 0.1) is 49.3 Å². The van der Waals surface area contributed by atoms with E-state index in [4.69, 9.17) is 56.6 Å². The van der Waals surface area contributed by atoms with Crippen LogP contribution in [0, 0.1) is 34.6 Å². The van der Waals surface area contributed by atoms with Crippen molar-refractivity contribution >= 4 is 124 Å². The second-order valence-electron chi connectivity index (χ2n) is 28.6. The molecule has 1 aromatic heterocycles. The van der Waals surface area contributed by atoms with Crippen molar-refractivity contribution in [2.75, 3.05) is 67.1 Å². The van der Waals surface area contributed by atoms with Crippen molar-refractivity contribution in [3.05, 3.63) is 312 Å². The maximum Gasteiger partial charge on any atom is 0.342 e. The third kappa shape index (κ3) is 24.9. The molecule has 3 aliphatic rings. The summed E-state index contributed by atoms with van der Waals surface area (Å²) in [6, 6.07) is 66.1. The lowest BCUT2D eigenvalue weighted by molar-refractivity contribution is -0.142. The van der Waals surface area contributed by atoms with Crippen molar-refractivity contribution in [2.24, 2.45) is 9.98 Å². The first kappa shape index (κ1) is 91.0. The lowest BCUT2D eigenvalue weighted by Gasteiger charge is -2.27. The van der Waals surface area contributed by atoms with Crippen LogP contribution >= 0.6 is 23.2 Å². The quantitative estimate of drug-likeness (QED) is 0.0102. The molecule has 0 bridgehead atoms. The Kier molecular flexibility index (Phi) is 32.0. The molecule has 4 heterocycles. The number of anilines is 4. The molecule has 0 saturated carbocycles. The SMILES string of the molecule is CC(=O)OCCCNC1N=C(c2ccc(Cl)cc2)Nc2ccccc21.CC(=O)OCCCNC1N=C(c2ccc(Cl)cc2)Nc2ccccc21.CC(=O)c1ccccc1NS(=O)(=O)c1cc(C)ccc1C.CCc1oc2ccc(NS(=O)(=O)c3ccc(C)cc3)cc2c1C(=O)OC.COc1cc(CCN2C(=O)Cc3cc(C)ccc3C2=O)ccc1C. The third-order valence-electron chi connectivity index (χ3n) is 19.4. The number of amides is 2. The molecule has 28 heteroatoms. The molecular formula is C93H97Cl2N9O15S2. The van der Waals surface area contributed by atoms with Gasteiger partial charge in [0.2, 0.25) is 5.91 Å². The molecule has 6 N–H and O–H groups in total. The highest BCUT2D eigenvalue weighted by Crippen LogP contribution is 2.35. The van der Waals surface area contributed by atoms with E-state index < -0.39 is 26.0 Å². The van der Waals surface area contributed by atoms with Gasteiger partial charge in [-0.3, -0.25) is 49.0 Å². The number of imide groups is 1. The Hall–Kier alpha value is -12.3. The Bertz CT molecular complexity index is 5750. The average Bonchev–Trinajstić information content (AvgIpc) is 1.70. The van der Waals surface area contributed by atoms with E-state index in [2.05, 4.69) is 30.7 Å². The van der Waals surface area contributed by atoms with E-state index in [1.54, 1.807) is 92.9 Å². The Labute approximate surface area is 715 Å². The summed E-state index contributed by atoms with van der Waals surface area (Å²) in [5.74, 6) is 1.40. The van der Waals surface area contributed by atoms with Gasteiger partial charge in [-0.1, -0.05) is 138 Å². The Morgan fingerprint density at radius 2 is 1.12 bits per heavy atom. The number of rotatable bonds is 25. The zero-order valence-electron chi connectivity index (χ0n) is 69.0. The van der Waals surface area contributed by atoms with Crippen LogP contribution in [0.4, 0.5) is 22.7 Å². The molecule has 630 valence electrons. The van der Waals surface area contributed by atoms with Crippen molar-refractivity contribution < 1.29 is 69.0 Å². The van der Waals surface area contributed by atoms with Gasteiger partial charge in [0.25, 0.3) is 26.0 Å². The van der Waals surface area contributed by atoms with Gasteiger partial charge in [0, 0.05) is 106 Å². The van der Waals surface area contributed by atoms with Gasteiger partial charge in [0.1, 0.15) is 46.7 Å². The molecule has 11 aromatic rings. The van der Waals surface area contributed by atoms with E-state index in [0.29, 0.717) is 113 Å². The molecule has 2 unspecified atom stereocenters. The van der Waals surface area contributed by atoms with Gasteiger partial charge in [-0.15, -0.1) is 0 Å². The number of hydrogen-bond acceptors (Lipinski definition) is 21. The topological polar surface area (TPSA) is 321 Å². The fourth-order valence-corrected chi connectivity index (χ4v) is 15.9. The summed E-state index contributed by atoms with van der Waals surface area (Å²) < 4.78 is 81.0. The van der Waals surface area contributed by atoms with Crippen LogP contribution in [0.1, 0.15) is 151 Å². The highest BCUT2D eigenvalue weighted by atomic mass is 35.5. The van der Waals surface area contributed by atoms with Crippen LogP contribution in [-0.2, 0) is 67.9 Å². The first-order chi connectivity index (χ1) is 57.9. The monoisotopic (exact) mass is 1710 g/mol. The highest BCUT2D eigenvalue weighted by molar-refractivity contribution is 7.93. The fraction of sp³-hybridized carbons (Fsp3) is 0.247. The highest BCUT2D eigenvalue weighted by Gasteiger charge is 2.32. The number of ether oxygens (including phenoxy) is 4. The molecule has 10 aromatic carbocycles. The van der Waals surface area contributed by atoms with Crippen LogP contribution in [-0.4, -0.2) is 116 Å². The van der Waals surface area contributed by atoms with Gasteiger partial charge in [-0.25, -0.2) is 31.6 Å². The second-order valence-corrected chi connectivity index (χ2v) is 32.8. The maximum atomic E-state index is 12.6. The molecule has 14 rings (SSSR count). The molecule has 2 amide bonds. The minimum atomic E-state index is -3.73. The first-order valence-electron chi connectivity index (χ1n) is 39.1. The number of para-hydroxylation sites is 3. The van der Waals surface area contributed by atoms with Crippen molar-refractivity contribution in [1.82, 2.24) is 15.5 Å². The molecule has 24 nitrogen and oxygen atoms in total. The molecular weight excluding hydrogens is 1620 g/mol. The molecule has 0 radical (unpaired) electrons. The van der Waals surface area contributed by atoms with E-state index in [9.17, 15) is 45.6 Å². The lowest BCUT2D eigenvalue weighted by Crippen LogP contribution is -2.43. The molecule has 0 fully saturated rings. The number of fused-ring (bicyclic) bond motifs is 4. The number of ketones is 1. The first-order valence-corrected chi connectivity index (χ1v) is 42.8. The van der Waals surface area contributed by atoms with Crippen LogP contribution in [0.3, 0.4) is 0 Å². The predicted molar refractivity (Wildman–Crippen MR) is 475 cm³/mol. The number of aryl methyl sites for hydroxylation is 6. The van der Waals surface area contributed by atoms with Gasteiger partial charge < -0.3 is 34.0 Å². The van der Waals surface area contributed by atoms with E-state index in [0.717, 1.165) is 97.3 Å². The van der Waals surface area contributed by atoms with E-state index in [1.165, 1.54) is 32.8 Å². The summed E-state index contributed by atoms with van der Waals surface area (Å²) in [5, 5.41) is 15.5. The molecule has 2 atom stereocenters. The van der Waals surface area contributed by atoms with E-state index in [-0.39, 0.29) is 51.7 Å². The minimum Gasteiger partial charge on any atom is -0.496 e. The van der Waals surface area contributed by atoms with Gasteiger partial charge in [0.15, 0.2) is 5.78 Å². The standard InChI is InChI=1S/C20H21NO3.2C19H20ClN3O2.C19H19NO5S.C16H17NO3S/c1-13-4-7-17-16(10-13)12-19(22)21(20(17)23)9-8-15-6-5-14(2)18(11-15)24-3;2*1-13(24)25-12-4-11-21-19-16-5-2-3-6-17(16)22-18(23-19)14-7-9-15(20)10-8-14;1-4-16-18(19(21)24-3)15-11-13(7-10-17(15)25-16)20-26(22,23)14-8-5-12(2)6-9-14;1-11-8-9-12(2)16(10-11)21(19,20)17-15-7-5-4-6-14(15)13(3)18/h4-7,10-11H,8-9,12H2,1-3H3;2*2-3,5-10,19,21H,4,11-12H2,1H3,(H,22,23);5-11,20H,4H2,1-3H3;4-10,17H,1-3H3. The number of nitrogens with zero attached hydrogens (tertiary/aromatic N) is 3. The van der Waals surface area contributed by atoms with Gasteiger partial charge in [-0.05, 0) is 210 Å². The number of carbonyl (C=O) groups excluding carboxylic acids is 6. The van der Waals surface area contributed by atoms with Crippen molar-refractivity contribution in [1.29, 1.82) is 0 Å². The van der Waals surface area contributed by atoms with Crippen LogP contribution in [0.2, 0.25) is 10.0 Å². The molecule has 0 aliphatic carbocycles. The van der Waals surface area contributed by atoms with Crippen molar-refractivity contribution in [3.8, 4) is 5.75 Å². The van der Waals surface area contributed by atoms with Crippen LogP contribution < -0.4 is 35.4 Å². The number of methoxy groups -OCH3 is 2. The number of halogens is 2. The van der Waals surface area contributed by atoms with Crippen molar-refractivity contribution in [3.63, 3.8) is 0 Å². The summed E-state index contributed by atoms with van der Waals surface area (Å²) in [7, 11) is -4.52. The number of furan rings is 1. The Balaban J connectivity index is 0.000000159. The zero-order valence-corrected chi connectivity index (χ0v) is 72.2. The number of carbonyl (C=O) groups is 6. The number of benzene rings is 10. The number of Topliss-reactive ketones (excluding diaryl/α,β-unsaturated/α-hetero) is 1. The predicted octanol–water partition coefficient (Wildman–Crippen LogP) is 17.8. The summed E-state index contributed by atoms with van der Waals surface area (Å²) in [6.45, 7) is 18.1. The number of esters is 3. The summed E-state index contributed by atoms with van der Waals surface area (Å²) in [6.07, 6.45) is 2.59. The number of amidine groups is 2. The van der Waals surface area contributed by atoms with E-state index in [1.807, 2.05) is 174 Å². The zero-order chi connectivity index (χ0) is 87.1. The van der Waals surface area contributed by atoms with Crippen molar-refractivity contribution in [2.45, 2.75) is 117 Å². The molecule has 3 aliphatic heterocycles. The largest absolute Gasteiger partial charge is 0.496 e. The fourth-order valence-electron chi connectivity index (χ4n) is 13.2. The maximum absolute atomic E-state index is 12.6. The second kappa shape index (κ2) is 42.6. The van der Waals surface area contributed by atoms with Crippen LogP contribution in [0.15, 0.2) is 243 Å². The summed E-state index contributed by atoms with van der Waals surface area (Å²) in [5.41, 5.74) is 15.1. The van der Waals surface area contributed by atoms with Crippen LogP contribution in [0.5, 0.6) is 5.75 Å². The number of hydrogen-bond donors (Lipinski definition) is 6. The number of nitrogens with one attached hydrogen (secondary N) is 6. The molecule has 0 spiro atoms. The number of aliphatic imine (C=N–C) groups is 2. The minimum absolute atomic E-state index is 0.128. The number of sulfonamides is 2. The summed E-state index contributed by atoms with van der Waals surface area (Å²) in [4.78, 5) is 81.6. The average molecular weight is 1720 g/mol.